The van der Waals surface area contributed by atoms with Crippen molar-refractivity contribution in [1.82, 2.24) is 0 Å². The van der Waals surface area contributed by atoms with Crippen LogP contribution >= 0.6 is 31.9 Å². The summed E-state index contributed by atoms with van der Waals surface area (Å²) in [7, 11) is 0. The Kier molecular flexibility index (Phi) is 5.11. The van der Waals surface area contributed by atoms with Crippen molar-refractivity contribution >= 4 is 31.9 Å². The maximum Gasteiger partial charge on any atom is 0.155 e. The molecule has 2 rings (SSSR count). The van der Waals surface area contributed by atoms with Crippen LogP contribution in [0.3, 0.4) is 0 Å². The van der Waals surface area contributed by atoms with Gasteiger partial charge >= 0.3 is 0 Å². The Labute approximate surface area is 136 Å². The van der Waals surface area contributed by atoms with E-state index in [-0.39, 0.29) is 5.75 Å². The summed E-state index contributed by atoms with van der Waals surface area (Å²) < 4.78 is 7.68. The van der Waals surface area contributed by atoms with Crippen LogP contribution in [0.4, 0.5) is 0 Å². The van der Waals surface area contributed by atoms with Gasteiger partial charge in [0.05, 0.1) is 8.95 Å². The van der Waals surface area contributed by atoms with Crippen molar-refractivity contribution < 1.29 is 9.84 Å². The van der Waals surface area contributed by atoms with E-state index in [9.17, 15) is 5.11 Å². The van der Waals surface area contributed by atoms with Crippen molar-refractivity contribution in [3.8, 4) is 17.2 Å². The first-order valence-electron chi connectivity index (χ1n) is 6.40. The van der Waals surface area contributed by atoms with Crippen molar-refractivity contribution in [2.45, 2.75) is 20.3 Å². The molecule has 0 spiro atoms. The van der Waals surface area contributed by atoms with Gasteiger partial charge in [-0.3, -0.25) is 0 Å². The van der Waals surface area contributed by atoms with Crippen molar-refractivity contribution in [3.63, 3.8) is 0 Å². The molecule has 0 radical (unpaired) electrons. The molecular weight excluding hydrogens is 384 g/mol. The summed E-state index contributed by atoms with van der Waals surface area (Å²) >= 11 is 7.11. The van der Waals surface area contributed by atoms with E-state index in [0.717, 1.165) is 21.1 Å². The summed E-state index contributed by atoms with van der Waals surface area (Å²) in [5.41, 5.74) is 1.26. The quantitative estimate of drug-likeness (QED) is 0.692. The summed E-state index contributed by atoms with van der Waals surface area (Å²) in [4.78, 5) is 0. The van der Waals surface area contributed by atoms with E-state index >= 15 is 0 Å². The van der Waals surface area contributed by atoms with Gasteiger partial charge in [0.25, 0.3) is 0 Å². The third-order valence-electron chi connectivity index (χ3n) is 2.76. The Morgan fingerprint density at radius 2 is 1.60 bits per heavy atom. The second-order valence-corrected chi connectivity index (χ2v) is 6.79. The summed E-state index contributed by atoms with van der Waals surface area (Å²) in [5, 5.41) is 9.28. The highest BCUT2D eigenvalue weighted by Crippen LogP contribution is 2.38. The smallest absolute Gasteiger partial charge is 0.155 e. The highest BCUT2D eigenvalue weighted by atomic mass is 79.9. The van der Waals surface area contributed by atoms with Crippen LogP contribution in [0.15, 0.2) is 45.3 Å². The van der Waals surface area contributed by atoms with Gasteiger partial charge in [0.1, 0.15) is 11.5 Å². The minimum absolute atomic E-state index is 0.225. The van der Waals surface area contributed by atoms with Gasteiger partial charge in [-0.25, -0.2) is 0 Å². The lowest BCUT2D eigenvalue weighted by Gasteiger charge is -2.13. The number of rotatable bonds is 4. The summed E-state index contributed by atoms with van der Waals surface area (Å²) in [6, 6.07) is 10.8. The molecule has 0 atom stereocenters. The first-order valence-corrected chi connectivity index (χ1v) is 7.99. The molecule has 1 N–H and O–H groups in total. The molecule has 2 aromatic rings. The van der Waals surface area contributed by atoms with Crippen LogP contribution in [-0.2, 0) is 6.42 Å². The zero-order valence-electron chi connectivity index (χ0n) is 11.4. The van der Waals surface area contributed by atoms with Crippen molar-refractivity contribution in [3.05, 3.63) is 50.9 Å². The molecule has 0 aliphatic rings. The highest BCUT2D eigenvalue weighted by molar-refractivity contribution is 9.11. The Balaban J connectivity index is 2.26. The number of halogens is 2. The zero-order valence-corrected chi connectivity index (χ0v) is 14.5. The Morgan fingerprint density at radius 3 is 2.10 bits per heavy atom. The molecule has 2 aromatic carbocycles. The van der Waals surface area contributed by atoms with Crippen molar-refractivity contribution in [2.75, 3.05) is 0 Å². The van der Waals surface area contributed by atoms with E-state index in [1.165, 1.54) is 5.56 Å². The molecule has 0 amide bonds. The van der Waals surface area contributed by atoms with Crippen LogP contribution in [0.5, 0.6) is 17.2 Å². The molecule has 106 valence electrons. The van der Waals surface area contributed by atoms with Gasteiger partial charge < -0.3 is 9.84 Å². The normalized spacial score (nSPS) is 10.8. The monoisotopic (exact) mass is 398 g/mol. The number of phenols is 1. The third kappa shape index (κ3) is 4.00. The van der Waals surface area contributed by atoms with Crippen LogP contribution in [0.2, 0.25) is 0 Å². The number of hydrogen-bond donors (Lipinski definition) is 1. The van der Waals surface area contributed by atoms with Crippen LogP contribution in [-0.4, -0.2) is 5.11 Å². The molecule has 0 saturated heterocycles. The summed E-state index contributed by atoms with van der Waals surface area (Å²) in [6.07, 6.45) is 1.02. The number of aromatic hydroxyl groups is 1. The van der Waals surface area contributed by atoms with Crippen molar-refractivity contribution in [2.24, 2.45) is 5.92 Å². The second kappa shape index (κ2) is 6.64. The second-order valence-electron chi connectivity index (χ2n) is 5.08. The molecule has 0 aromatic heterocycles. The first kappa shape index (κ1) is 15.4. The fourth-order valence-electron chi connectivity index (χ4n) is 1.93. The van der Waals surface area contributed by atoms with Crippen LogP contribution in [0, 0.1) is 5.92 Å². The number of ether oxygens (including phenoxy) is 1. The van der Waals surface area contributed by atoms with Crippen LogP contribution < -0.4 is 4.74 Å². The lowest BCUT2D eigenvalue weighted by Crippen LogP contribution is -1.95. The van der Waals surface area contributed by atoms with Crippen molar-refractivity contribution in [1.29, 1.82) is 0 Å². The molecule has 0 aliphatic carbocycles. The highest BCUT2D eigenvalue weighted by Gasteiger charge is 2.11. The minimum Gasteiger partial charge on any atom is -0.508 e. The SMILES string of the molecule is CC(C)Cc1cc(Br)c(Oc2ccc(O)cc2)c(Br)c1. The van der Waals surface area contributed by atoms with Gasteiger partial charge in [-0.05, 0) is 86.2 Å². The van der Waals surface area contributed by atoms with E-state index in [4.69, 9.17) is 4.74 Å². The Hall–Kier alpha value is -1.000. The van der Waals surface area contributed by atoms with Gasteiger partial charge in [0, 0.05) is 0 Å². The van der Waals surface area contributed by atoms with Gasteiger partial charge in [0.2, 0.25) is 0 Å². The molecule has 0 heterocycles. The summed E-state index contributed by atoms with van der Waals surface area (Å²) in [5.74, 6) is 2.25. The molecule has 0 fully saturated rings. The van der Waals surface area contributed by atoms with E-state index in [1.807, 2.05) is 0 Å². The van der Waals surface area contributed by atoms with Crippen LogP contribution in [0.25, 0.3) is 0 Å². The molecule has 0 bridgehead atoms. The first-order chi connectivity index (χ1) is 9.45. The molecule has 4 heteroatoms. The maximum absolute atomic E-state index is 9.28. The van der Waals surface area contributed by atoms with Crippen LogP contribution in [0.1, 0.15) is 19.4 Å². The number of hydrogen-bond acceptors (Lipinski definition) is 2. The third-order valence-corrected chi connectivity index (χ3v) is 3.94. The van der Waals surface area contributed by atoms with Gasteiger partial charge in [-0.15, -0.1) is 0 Å². The lowest BCUT2D eigenvalue weighted by molar-refractivity contribution is 0.461. The largest absolute Gasteiger partial charge is 0.508 e. The molecular formula is C16H16Br2O2. The summed E-state index contributed by atoms with van der Waals surface area (Å²) in [6.45, 7) is 4.39. The fraction of sp³-hybridized carbons (Fsp3) is 0.250. The minimum atomic E-state index is 0.225. The zero-order chi connectivity index (χ0) is 14.7. The number of benzene rings is 2. The lowest BCUT2D eigenvalue weighted by atomic mass is 10.0. The predicted molar refractivity (Wildman–Crippen MR) is 88.6 cm³/mol. The average molecular weight is 400 g/mol. The van der Waals surface area contributed by atoms with E-state index < -0.39 is 0 Å². The Morgan fingerprint density at radius 1 is 1.05 bits per heavy atom. The Bertz CT molecular complexity index is 569. The topological polar surface area (TPSA) is 29.5 Å². The van der Waals surface area contributed by atoms with E-state index in [1.54, 1.807) is 24.3 Å². The molecule has 0 aliphatic heterocycles. The fourth-order valence-corrected chi connectivity index (χ4v) is 3.37. The average Bonchev–Trinajstić information content (AvgIpc) is 2.35. The molecule has 20 heavy (non-hydrogen) atoms. The van der Waals surface area contributed by atoms with Gasteiger partial charge in [0.15, 0.2) is 5.75 Å². The standard InChI is InChI=1S/C16H16Br2O2/c1-10(2)7-11-8-14(17)16(15(18)9-11)20-13-5-3-12(19)4-6-13/h3-6,8-10,19H,7H2,1-2H3. The predicted octanol–water partition coefficient (Wildman–Crippen LogP) is 5.91. The van der Waals surface area contributed by atoms with Gasteiger partial charge in [-0.2, -0.15) is 0 Å². The molecule has 0 unspecified atom stereocenters. The molecule has 0 saturated carbocycles. The molecule has 2 nitrogen and oxygen atoms in total. The van der Waals surface area contributed by atoms with Gasteiger partial charge in [-0.1, -0.05) is 13.8 Å². The van der Waals surface area contributed by atoms with E-state index in [2.05, 4.69) is 57.8 Å². The maximum atomic E-state index is 9.28. The van der Waals surface area contributed by atoms with E-state index in [0.29, 0.717) is 11.7 Å². The number of phenolic OH excluding ortho intramolecular Hbond substituents is 1.